The molecule has 3 N–H and O–H groups in total. The van der Waals surface area contributed by atoms with Crippen molar-refractivity contribution in [3.8, 4) is 0 Å². The first-order valence-corrected chi connectivity index (χ1v) is 8.48. The Balaban J connectivity index is 1.93. The van der Waals surface area contributed by atoms with E-state index >= 15 is 0 Å². The van der Waals surface area contributed by atoms with Crippen LogP contribution >= 0.6 is 0 Å². The predicted octanol–water partition coefficient (Wildman–Crippen LogP) is 3.17. The third kappa shape index (κ3) is 5.44. The summed E-state index contributed by atoms with van der Waals surface area (Å²) >= 11 is 0. The van der Waals surface area contributed by atoms with Gasteiger partial charge in [0.05, 0.1) is 5.92 Å². The summed E-state index contributed by atoms with van der Waals surface area (Å²) in [5.41, 5.74) is 1.53. The molecule has 0 fully saturated rings. The van der Waals surface area contributed by atoms with Crippen LogP contribution in [0.1, 0.15) is 40.5 Å². The highest BCUT2D eigenvalue weighted by atomic mass is 16.4. The summed E-state index contributed by atoms with van der Waals surface area (Å²) in [5, 5.41) is 14.5. The Morgan fingerprint density at radius 2 is 1.54 bits per heavy atom. The second kappa shape index (κ2) is 9.36. The van der Waals surface area contributed by atoms with Crippen LogP contribution in [0.5, 0.6) is 0 Å². The van der Waals surface area contributed by atoms with Gasteiger partial charge >= 0.3 is 5.97 Å². The Hall–Kier alpha value is -3.15. The first kappa shape index (κ1) is 19.2. The van der Waals surface area contributed by atoms with Crippen LogP contribution in [0, 0.1) is 5.92 Å². The summed E-state index contributed by atoms with van der Waals surface area (Å²) in [7, 11) is 0. The van der Waals surface area contributed by atoms with Gasteiger partial charge in [0.2, 0.25) is 0 Å². The molecule has 2 aromatic carbocycles. The molecule has 0 saturated carbocycles. The zero-order chi connectivity index (χ0) is 18.9. The number of aliphatic carboxylic acids is 1. The molecule has 136 valence electrons. The van der Waals surface area contributed by atoms with E-state index in [1.807, 2.05) is 13.0 Å². The molecule has 1 unspecified atom stereocenters. The molecular formula is C20H22N2O4. The number of hydrogen-bond acceptors (Lipinski definition) is 3. The molecule has 6 nitrogen and oxygen atoms in total. The fourth-order valence-electron chi connectivity index (χ4n) is 2.48. The first-order chi connectivity index (χ1) is 12.5. The Kier molecular flexibility index (Phi) is 6.91. The van der Waals surface area contributed by atoms with E-state index < -0.39 is 11.9 Å². The zero-order valence-electron chi connectivity index (χ0n) is 14.6. The van der Waals surface area contributed by atoms with Crippen molar-refractivity contribution in [2.45, 2.75) is 19.8 Å². The highest BCUT2D eigenvalue weighted by Crippen LogP contribution is 2.12. The van der Waals surface area contributed by atoms with Crippen molar-refractivity contribution >= 4 is 23.5 Å². The van der Waals surface area contributed by atoms with Crippen molar-refractivity contribution in [1.82, 2.24) is 5.32 Å². The molecule has 0 radical (unpaired) electrons. The summed E-state index contributed by atoms with van der Waals surface area (Å²) in [4.78, 5) is 35.3. The van der Waals surface area contributed by atoms with Crippen LogP contribution < -0.4 is 10.6 Å². The quantitative estimate of drug-likeness (QED) is 0.678. The molecule has 1 atom stereocenters. The molecule has 6 heteroatoms. The molecule has 0 aliphatic heterocycles. The lowest BCUT2D eigenvalue weighted by atomic mass is 10.0. The molecule has 0 saturated heterocycles. The maximum Gasteiger partial charge on any atom is 0.308 e. The van der Waals surface area contributed by atoms with Gasteiger partial charge < -0.3 is 15.7 Å². The summed E-state index contributed by atoms with van der Waals surface area (Å²) in [6, 6.07) is 15.3. The second-order valence-electron chi connectivity index (χ2n) is 5.93. The average Bonchev–Trinajstić information content (AvgIpc) is 2.66. The molecular weight excluding hydrogens is 332 g/mol. The van der Waals surface area contributed by atoms with Gasteiger partial charge in [-0.15, -0.1) is 0 Å². The number of amides is 2. The van der Waals surface area contributed by atoms with Gasteiger partial charge in [0, 0.05) is 23.4 Å². The number of carbonyl (C=O) groups excluding carboxylic acids is 2. The van der Waals surface area contributed by atoms with E-state index in [-0.39, 0.29) is 18.4 Å². The third-order valence-corrected chi connectivity index (χ3v) is 3.94. The fraction of sp³-hybridized carbons (Fsp3) is 0.250. The maximum absolute atomic E-state index is 12.1. The lowest BCUT2D eigenvalue weighted by Gasteiger charge is -2.12. The lowest BCUT2D eigenvalue weighted by molar-refractivity contribution is -0.141. The van der Waals surface area contributed by atoms with E-state index in [2.05, 4.69) is 10.6 Å². The SMILES string of the molecule is CCCC(CNC(=O)c1ccc(NC(=O)c2ccccc2)cc1)C(=O)O. The van der Waals surface area contributed by atoms with Gasteiger partial charge in [0.15, 0.2) is 0 Å². The van der Waals surface area contributed by atoms with Crippen molar-refractivity contribution < 1.29 is 19.5 Å². The molecule has 0 aliphatic rings. The highest BCUT2D eigenvalue weighted by Gasteiger charge is 2.17. The summed E-state index contributed by atoms with van der Waals surface area (Å²) in [6.45, 7) is 1.99. The van der Waals surface area contributed by atoms with E-state index in [4.69, 9.17) is 5.11 Å². The van der Waals surface area contributed by atoms with Gasteiger partial charge in [0.1, 0.15) is 0 Å². The smallest absolute Gasteiger partial charge is 0.308 e. The van der Waals surface area contributed by atoms with Crippen LogP contribution in [0.3, 0.4) is 0 Å². The van der Waals surface area contributed by atoms with E-state index in [0.29, 0.717) is 23.2 Å². The van der Waals surface area contributed by atoms with Gasteiger partial charge in [-0.25, -0.2) is 0 Å². The number of carbonyl (C=O) groups is 3. The van der Waals surface area contributed by atoms with Crippen LogP contribution in [0.4, 0.5) is 5.69 Å². The van der Waals surface area contributed by atoms with Gasteiger partial charge in [-0.05, 0) is 42.8 Å². The van der Waals surface area contributed by atoms with Gasteiger partial charge in [-0.3, -0.25) is 14.4 Å². The van der Waals surface area contributed by atoms with Crippen LogP contribution in [0.2, 0.25) is 0 Å². The van der Waals surface area contributed by atoms with E-state index in [1.165, 1.54) is 0 Å². The van der Waals surface area contributed by atoms with Crippen LogP contribution in [-0.4, -0.2) is 29.4 Å². The van der Waals surface area contributed by atoms with Crippen molar-refractivity contribution in [2.24, 2.45) is 5.92 Å². The molecule has 0 bridgehead atoms. The monoisotopic (exact) mass is 354 g/mol. The molecule has 26 heavy (non-hydrogen) atoms. The Morgan fingerprint density at radius 3 is 2.12 bits per heavy atom. The maximum atomic E-state index is 12.1. The number of nitrogens with one attached hydrogen (secondary N) is 2. The summed E-state index contributed by atoms with van der Waals surface area (Å²) in [6.07, 6.45) is 1.25. The Morgan fingerprint density at radius 1 is 0.923 bits per heavy atom. The number of benzene rings is 2. The number of anilines is 1. The zero-order valence-corrected chi connectivity index (χ0v) is 14.6. The number of carboxylic acids is 1. The standard InChI is InChI=1S/C20H22N2O4/c1-2-6-16(20(25)26)13-21-18(23)15-9-11-17(12-10-15)22-19(24)14-7-4-3-5-8-14/h3-5,7-12,16H,2,6,13H2,1H3,(H,21,23)(H,22,24)(H,25,26). The highest BCUT2D eigenvalue weighted by molar-refractivity contribution is 6.04. The molecule has 0 heterocycles. The molecule has 2 aromatic rings. The van der Waals surface area contributed by atoms with Crippen molar-refractivity contribution in [3.05, 3.63) is 65.7 Å². The summed E-state index contributed by atoms with van der Waals surface area (Å²) in [5.74, 6) is -2.07. The molecule has 0 aromatic heterocycles. The first-order valence-electron chi connectivity index (χ1n) is 8.48. The molecule has 2 amide bonds. The number of carboxylic acid groups (broad SMARTS) is 1. The third-order valence-electron chi connectivity index (χ3n) is 3.94. The molecule has 0 aliphatic carbocycles. The van der Waals surface area contributed by atoms with Crippen LogP contribution in [0.25, 0.3) is 0 Å². The molecule has 0 spiro atoms. The predicted molar refractivity (Wildman–Crippen MR) is 99.2 cm³/mol. The van der Waals surface area contributed by atoms with E-state index in [1.54, 1.807) is 48.5 Å². The molecule has 2 rings (SSSR count). The minimum atomic E-state index is -0.911. The Labute approximate surface area is 152 Å². The average molecular weight is 354 g/mol. The fourth-order valence-corrected chi connectivity index (χ4v) is 2.48. The second-order valence-corrected chi connectivity index (χ2v) is 5.93. The van der Waals surface area contributed by atoms with Crippen molar-refractivity contribution in [3.63, 3.8) is 0 Å². The normalized spacial score (nSPS) is 11.4. The minimum absolute atomic E-state index is 0.0918. The van der Waals surface area contributed by atoms with Crippen molar-refractivity contribution in [1.29, 1.82) is 0 Å². The minimum Gasteiger partial charge on any atom is -0.481 e. The number of rotatable bonds is 8. The van der Waals surface area contributed by atoms with E-state index in [0.717, 1.165) is 6.42 Å². The van der Waals surface area contributed by atoms with E-state index in [9.17, 15) is 14.4 Å². The van der Waals surface area contributed by atoms with Crippen LogP contribution in [0.15, 0.2) is 54.6 Å². The number of hydrogen-bond donors (Lipinski definition) is 3. The van der Waals surface area contributed by atoms with Crippen molar-refractivity contribution in [2.75, 3.05) is 11.9 Å². The topological polar surface area (TPSA) is 95.5 Å². The largest absolute Gasteiger partial charge is 0.481 e. The lowest BCUT2D eigenvalue weighted by Crippen LogP contribution is -2.32. The summed E-state index contributed by atoms with van der Waals surface area (Å²) < 4.78 is 0. The van der Waals surface area contributed by atoms with Crippen LogP contribution in [-0.2, 0) is 4.79 Å². The van der Waals surface area contributed by atoms with Gasteiger partial charge in [-0.1, -0.05) is 31.5 Å². The van der Waals surface area contributed by atoms with Gasteiger partial charge in [0.25, 0.3) is 11.8 Å². The van der Waals surface area contributed by atoms with Gasteiger partial charge in [-0.2, -0.15) is 0 Å². The Bertz CT molecular complexity index is 757.